The third kappa shape index (κ3) is 6.93. The molecule has 0 fully saturated rings. The van der Waals surface area contributed by atoms with E-state index in [2.05, 4.69) is 12.2 Å². The Morgan fingerprint density at radius 3 is 2.68 bits per heavy atom. The number of rotatable bonds is 10. The Morgan fingerprint density at radius 1 is 1.26 bits per heavy atom. The summed E-state index contributed by atoms with van der Waals surface area (Å²) in [5.74, 6) is 0. The minimum Gasteiger partial charge on any atom is -0.382 e. The van der Waals surface area contributed by atoms with E-state index >= 15 is 0 Å². The second-order valence-electron chi connectivity index (χ2n) is 4.27. The highest BCUT2D eigenvalue weighted by atomic mass is 35.5. The summed E-state index contributed by atoms with van der Waals surface area (Å²) in [5.41, 5.74) is 1.08. The molecule has 19 heavy (non-hydrogen) atoms. The Hall–Kier alpha value is 0.160. The molecule has 0 amide bonds. The summed E-state index contributed by atoms with van der Waals surface area (Å²) < 4.78 is 11.8. The van der Waals surface area contributed by atoms with Crippen LogP contribution in [0.15, 0.2) is 6.07 Å². The summed E-state index contributed by atoms with van der Waals surface area (Å²) in [4.78, 5) is 0. The first-order valence-electron chi connectivity index (χ1n) is 6.40. The minimum atomic E-state index is 0.227. The first-order valence-corrected chi connectivity index (χ1v) is 7.97. The van der Waals surface area contributed by atoms with Crippen molar-refractivity contribution in [2.75, 3.05) is 33.5 Å². The van der Waals surface area contributed by atoms with Gasteiger partial charge in [0.2, 0.25) is 0 Å². The molecule has 0 aromatic carbocycles. The number of hydrogen-bond acceptors (Lipinski definition) is 4. The summed E-state index contributed by atoms with van der Waals surface area (Å²) in [5, 5.41) is 3.44. The Morgan fingerprint density at radius 2 is 2.05 bits per heavy atom. The molecule has 1 atom stereocenters. The van der Waals surface area contributed by atoms with Gasteiger partial charge in [-0.05, 0) is 37.9 Å². The monoisotopic (exact) mass is 325 g/mol. The van der Waals surface area contributed by atoms with Crippen LogP contribution in [0.2, 0.25) is 8.67 Å². The third-order valence-corrected chi connectivity index (χ3v) is 4.27. The van der Waals surface area contributed by atoms with Gasteiger partial charge in [-0.3, -0.25) is 0 Å². The second-order valence-corrected chi connectivity index (χ2v) is 6.55. The quantitative estimate of drug-likeness (QED) is 0.655. The van der Waals surface area contributed by atoms with E-state index in [0.717, 1.165) is 40.2 Å². The van der Waals surface area contributed by atoms with Crippen molar-refractivity contribution in [3.63, 3.8) is 0 Å². The molecule has 0 spiro atoms. The van der Waals surface area contributed by atoms with Gasteiger partial charge in [-0.15, -0.1) is 11.3 Å². The van der Waals surface area contributed by atoms with Crippen molar-refractivity contribution >= 4 is 34.5 Å². The van der Waals surface area contributed by atoms with Crippen molar-refractivity contribution in [1.29, 1.82) is 0 Å². The average Bonchev–Trinajstić information content (AvgIpc) is 2.71. The molecule has 0 bridgehead atoms. The molecule has 1 N–H and O–H groups in total. The molecule has 0 aliphatic heterocycles. The van der Waals surface area contributed by atoms with Gasteiger partial charge in [0.1, 0.15) is 0 Å². The van der Waals surface area contributed by atoms with Gasteiger partial charge in [0, 0.05) is 19.8 Å². The lowest BCUT2D eigenvalue weighted by Crippen LogP contribution is -2.20. The largest absolute Gasteiger partial charge is 0.382 e. The normalized spacial score (nSPS) is 12.8. The zero-order valence-corrected chi connectivity index (χ0v) is 13.7. The maximum atomic E-state index is 6.11. The van der Waals surface area contributed by atoms with Crippen LogP contribution in [-0.4, -0.2) is 33.5 Å². The van der Waals surface area contributed by atoms with Gasteiger partial charge >= 0.3 is 0 Å². The fourth-order valence-electron chi connectivity index (χ4n) is 1.65. The minimum absolute atomic E-state index is 0.227. The second kappa shape index (κ2) is 9.97. The Labute approximate surface area is 129 Å². The van der Waals surface area contributed by atoms with E-state index in [9.17, 15) is 0 Å². The number of hydrogen-bond donors (Lipinski definition) is 1. The fourth-order valence-corrected chi connectivity index (χ4v) is 3.30. The molecule has 0 aliphatic carbocycles. The van der Waals surface area contributed by atoms with E-state index in [1.54, 1.807) is 7.11 Å². The van der Waals surface area contributed by atoms with Gasteiger partial charge in [0.15, 0.2) is 0 Å². The molecule has 0 saturated heterocycles. The number of unbranched alkanes of at least 4 members (excludes halogenated alkanes) is 1. The van der Waals surface area contributed by atoms with E-state index in [-0.39, 0.29) is 6.04 Å². The Balaban J connectivity index is 2.08. The van der Waals surface area contributed by atoms with E-state index in [1.165, 1.54) is 11.3 Å². The summed E-state index contributed by atoms with van der Waals surface area (Å²) in [6.07, 6.45) is 2.12. The third-order valence-electron chi connectivity index (χ3n) is 2.75. The predicted molar refractivity (Wildman–Crippen MR) is 82.7 cm³/mol. The van der Waals surface area contributed by atoms with Crippen LogP contribution in [0, 0.1) is 0 Å². The molecule has 1 unspecified atom stereocenters. The van der Waals surface area contributed by atoms with Gasteiger partial charge in [-0.1, -0.05) is 23.2 Å². The Bertz CT molecular complexity index is 360. The maximum Gasteiger partial charge on any atom is 0.0991 e. The van der Waals surface area contributed by atoms with E-state index in [1.807, 2.05) is 6.07 Å². The van der Waals surface area contributed by atoms with Crippen molar-refractivity contribution in [3.8, 4) is 0 Å². The van der Waals surface area contributed by atoms with Crippen LogP contribution in [0.25, 0.3) is 0 Å². The van der Waals surface area contributed by atoms with Crippen molar-refractivity contribution < 1.29 is 9.47 Å². The highest BCUT2D eigenvalue weighted by Crippen LogP contribution is 2.34. The highest BCUT2D eigenvalue weighted by molar-refractivity contribution is 7.20. The van der Waals surface area contributed by atoms with Crippen molar-refractivity contribution in [1.82, 2.24) is 5.32 Å². The molecule has 1 aromatic rings. The maximum absolute atomic E-state index is 6.11. The lowest BCUT2D eigenvalue weighted by molar-refractivity contribution is 0.0687. The molecule has 3 nitrogen and oxygen atoms in total. The first kappa shape index (κ1) is 17.2. The van der Waals surface area contributed by atoms with E-state index < -0.39 is 0 Å². The molecule has 0 aliphatic rings. The number of ether oxygens (including phenoxy) is 2. The molecule has 1 rings (SSSR count). The molecule has 6 heteroatoms. The molecule has 1 aromatic heterocycles. The predicted octanol–water partition coefficient (Wildman–Crippen LogP) is 4.15. The van der Waals surface area contributed by atoms with Crippen molar-refractivity contribution in [2.45, 2.75) is 25.8 Å². The molecule has 1 heterocycles. The molecular formula is C13H21Cl2NO2S. The summed E-state index contributed by atoms with van der Waals surface area (Å²) >= 11 is 13.5. The van der Waals surface area contributed by atoms with E-state index in [4.69, 9.17) is 32.7 Å². The Kier molecular flexibility index (Phi) is 9.03. The van der Waals surface area contributed by atoms with Crippen LogP contribution in [0.4, 0.5) is 0 Å². The molecule has 0 saturated carbocycles. The SMILES string of the molecule is COCCOCCCCNC(C)c1cc(Cl)sc1Cl. The van der Waals surface area contributed by atoms with Crippen molar-refractivity contribution in [3.05, 3.63) is 20.3 Å². The van der Waals surface area contributed by atoms with Crippen LogP contribution in [0.3, 0.4) is 0 Å². The van der Waals surface area contributed by atoms with Gasteiger partial charge in [-0.2, -0.15) is 0 Å². The van der Waals surface area contributed by atoms with Gasteiger partial charge in [0.05, 0.1) is 21.9 Å². The summed E-state index contributed by atoms with van der Waals surface area (Å²) in [7, 11) is 1.68. The van der Waals surface area contributed by atoms with E-state index in [0.29, 0.717) is 13.2 Å². The number of methoxy groups -OCH3 is 1. The highest BCUT2D eigenvalue weighted by Gasteiger charge is 2.12. The lowest BCUT2D eigenvalue weighted by atomic mass is 10.2. The molecule has 0 radical (unpaired) electrons. The van der Waals surface area contributed by atoms with Crippen LogP contribution >= 0.6 is 34.5 Å². The number of thiophene rings is 1. The zero-order valence-electron chi connectivity index (χ0n) is 11.4. The standard InChI is InChI=1S/C13H21Cl2NO2S/c1-10(11-9-12(14)19-13(11)15)16-5-3-4-6-18-8-7-17-2/h9-10,16H,3-8H2,1-2H3. The fraction of sp³-hybridized carbons (Fsp3) is 0.692. The van der Waals surface area contributed by atoms with Gasteiger partial charge in [-0.25, -0.2) is 0 Å². The molecule has 110 valence electrons. The van der Waals surface area contributed by atoms with Crippen LogP contribution in [0.5, 0.6) is 0 Å². The topological polar surface area (TPSA) is 30.5 Å². The zero-order chi connectivity index (χ0) is 14.1. The smallest absolute Gasteiger partial charge is 0.0991 e. The van der Waals surface area contributed by atoms with Gasteiger partial charge < -0.3 is 14.8 Å². The average molecular weight is 326 g/mol. The molecular weight excluding hydrogens is 305 g/mol. The van der Waals surface area contributed by atoms with Crippen molar-refractivity contribution in [2.24, 2.45) is 0 Å². The summed E-state index contributed by atoms with van der Waals surface area (Å²) in [6, 6.07) is 2.16. The van der Waals surface area contributed by atoms with Crippen LogP contribution in [-0.2, 0) is 9.47 Å². The van der Waals surface area contributed by atoms with Gasteiger partial charge in [0.25, 0.3) is 0 Å². The number of nitrogens with one attached hydrogen (secondary N) is 1. The first-order chi connectivity index (χ1) is 9.15. The lowest BCUT2D eigenvalue weighted by Gasteiger charge is -2.13. The summed E-state index contributed by atoms with van der Waals surface area (Å²) in [6.45, 7) is 5.15. The number of halogens is 2. The van der Waals surface area contributed by atoms with Crippen LogP contribution in [0.1, 0.15) is 31.4 Å². The van der Waals surface area contributed by atoms with Crippen LogP contribution < -0.4 is 5.32 Å².